The van der Waals surface area contributed by atoms with Crippen molar-refractivity contribution >= 4 is 5.97 Å². The second-order valence-corrected chi connectivity index (χ2v) is 4.35. The number of aliphatic carboxylic acids is 1. The number of carbonyl (C=O) groups is 1. The van der Waals surface area contributed by atoms with Crippen molar-refractivity contribution in [2.75, 3.05) is 0 Å². The van der Waals surface area contributed by atoms with Crippen molar-refractivity contribution in [3.05, 3.63) is 36.5 Å². The van der Waals surface area contributed by atoms with Crippen molar-refractivity contribution in [3.63, 3.8) is 0 Å². The first-order valence-corrected chi connectivity index (χ1v) is 6.93. The summed E-state index contributed by atoms with van der Waals surface area (Å²) in [7, 11) is 0. The van der Waals surface area contributed by atoms with Crippen LogP contribution in [0, 0.1) is 0 Å². The maximum atomic E-state index is 10.2. The molecule has 0 fully saturated rings. The molecule has 0 atom stereocenters. The van der Waals surface area contributed by atoms with Crippen LogP contribution in [0.1, 0.15) is 58.3 Å². The van der Waals surface area contributed by atoms with Gasteiger partial charge in [0.25, 0.3) is 0 Å². The molecule has 0 radical (unpaired) electrons. The number of unbranched alkanes of at least 4 members (excludes halogenated alkanes) is 6. The van der Waals surface area contributed by atoms with Crippen molar-refractivity contribution in [2.24, 2.45) is 0 Å². The molecule has 0 rings (SSSR count). The Labute approximate surface area is 111 Å². The van der Waals surface area contributed by atoms with Crippen LogP contribution in [-0.2, 0) is 4.79 Å². The predicted molar refractivity (Wildman–Crippen MR) is 77.7 cm³/mol. The average molecular weight is 250 g/mol. The minimum atomic E-state index is -0.849. The quantitative estimate of drug-likeness (QED) is 0.322. The fourth-order valence-corrected chi connectivity index (χ4v) is 1.66. The first kappa shape index (κ1) is 16.7. The molecule has 0 aliphatic rings. The van der Waals surface area contributed by atoms with Gasteiger partial charge in [0.05, 0.1) is 0 Å². The zero-order chi connectivity index (χ0) is 13.5. The van der Waals surface area contributed by atoms with Gasteiger partial charge in [-0.3, -0.25) is 0 Å². The predicted octanol–water partition coefficient (Wildman–Crippen LogP) is 4.88. The number of rotatable bonds is 11. The standard InChI is InChI=1S/C16H26O2/c1-2-3-4-5-6-7-8-9-10-11-12-13-14-15-16(17)18/h2-3,6-7,14-15H,4-5,8-13H2,1H3,(H,17,18). The smallest absolute Gasteiger partial charge is 0.327 e. The lowest BCUT2D eigenvalue weighted by atomic mass is 10.1. The molecule has 0 bridgehead atoms. The summed E-state index contributed by atoms with van der Waals surface area (Å²) in [6.45, 7) is 2.05. The monoisotopic (exact) mass is 250 g/mol. The lowest BCUT2D eigenvalue weighted by molar-refractivity contribution is -0.131. The van der Waals surface area contributed by atoms with E-state index in [2.05, 4.69) is 31.2 Å². The van der Waals surface area contributed by atoms with Gasteiger partial charge in [0.15, 0.2) is 0 Å². The van der Waals surface area contributed by atoms with Gasteiger partial charge < -0.3 is 5.11 Å². The van der Waals surface area contributed by atoms with Crippen LogP contribution in [0.5, 0.6) is 0 Å². The number of hydrogen-bond donors (Lipinski definition) is 1. The molecule has 0 saturated heterocycles. The number of carboxylic acids is 1. The zero-order valence-electron chi connectivity index (χ0n) is 11.5. The Kier molecular flexibility index (Phi) is 12.8. The second-order valence-electron chi connectivity index (χ2n) is 4.35. The Balaban J connectivity index is 3.18. The molecule has 0 saturated carbocycles. The molecule has 0 aliphatic heterocycles. The summed E-state index contributed by atoms with van der Waals surface area (Å²) in [6.07, 6.45) is 20.9. The van der Waals surface area contributed by atoms with Crippen LogP contribution in [-0.4, -0.2) is 11.1 Å². The molecule has 1 N–H and O–H groups in total. The first-order chi connectivity index (χ1) is 8.77. The van der Waals surface area contributed by atoms with Gasteiger partial charge in [0.2, 0.25) is 0 Å². The Bertz CT molecular complexity index is 275. The highest BCUT2D eigenvalue weighted by molar-refractivity contribution is 5.79. The lowest BCUT2D eigenvalue weighted by Gasteiger charge is -1.96. The van der Waals surface area contributed by atoms with E-state index < -0.39 is 5.97 Å². The maximum Gasteiger partial charge on any atom is 0.327 e. The summed E-state index contributed by atoms with van der Waals surface area (Å²) >= 11 is 0. The number of hydrogen-bond acceptors (Lipinski definition) is 1. The Morgan fingerprint density at radius 2 is 1.39 bits per heavy atom. The van der Waals surface area contributed by atoms with Crippen molar-refractivity contribution in [1.29, 1.82) is 0 Å². The molecule has 102 valence electrons. The van der Waals surface area contributed by atoms with E-state index in [-0.39, 0.29) is 0 Å². The fourth-order valence-electron chi connectivity index (χ4n) is 1.66. The minimum absolute atomic E-state index is 0.849. The zero-order valence-corrected chi connectivity index (χ0v) is 11.5. The van der Waals surface area contributed by atoms with E-state index >= 15 is 0 Å². The molecule has 2 heteroatoms. The molecule has 0 aliphatic carbocycles. The van der Waals surface area contributed by atoms with Crippen molar-refractivity contribution in [1.82, 2.24) is 0 Å². The molecule has 0 aromatic heterocycles. The van der Waals surface area contributed by atoms with Crippen LogP contribution in [0.4, 0.5) is 0 Å². The largest absolute Gasteiger partial charge is 0.478 e. The third kappa shape index (κ3) is 14.7. The van der Waals surface area contributed by atoms with E-state index in [0.717, 1.165) is 25.7 Å². The average Bonchev–Trinajstić information content (AvgIpc) is 2.34. The third-order valence-corrected chi connectivity index (χ3v) is 2.65. The summed E-state index contributed by atoms with van der Waals surface area (Å²) in [5, 5.41) is 8.39. The van der Waals surface area contributed by atoms with Crippen LogP contribution >= 0.6 is 0 Å². The van der Waals surface area contributed by atoms with Gasteiger partial charge >= 0.3 is 5.97 Å². The highest BCUT2D eigenvalue weighted by Gasteiger charge is 1.89. The molecular formula is C16H26O2. The van der Waals surface area contributed by atoms with E-state index in [1.165, 1.54) is 31.8 Å². The molecule has 18 heavy (non-hydrogen) atoms. The van der Waals surface area contributed by atoms with Crippen LogP contribution < -0.4 is 0 Å². The topological polar surface area (TPSA) is 37.3 Å². The maximum absolute atomic E-state index is 10.2. The minimum Gasteiger partial charge on any atom is -0.478 e. The molecule has 2 nitrogen and oxygen atoms in total. The van der Waals surface area contributed by atoms with E-state index in [9.17, 15) is 4.79 Å². The van der Waals surface area contributed by atoms with Crippen molar-refractivity contribution in [2.45, 2.75) is 58.3 Å². The SMILES string of the molecule is CC=CCCC=CCCCCCCC=CC(=O)O. The van der Waals surface area contributed by atoms with Gasteiger partial charge in [0.1, 0.15) is 0 Å². The number of allylic oxidation sites excluding steroid dienone is 5. The van der Waals surface area contributed by atoms with Crippen LogP contribution in [0.25, 0.3) is 0 Å². The second kappa shape index (κ2) is 13.8. The van der Waals surface area contributed by atoms with E-state index in [4.69, 9.17) is 5.11 Å². The summed E-state index contributed by atoms with van der Waals surface area (Å²) in [6, 6.07) is 0. The first-order valence-electron chi connectivity index (χ1n) is 6.93. The highest BCUT2D eigenvalue weighted by Crippen LogP contribution is 2.07. The van der Waals surface area contributed by atoms with E-state index in [1.807, 2.05) is 0 Å². The summed E-state index contributed by atoms with van der Waals surface area (Å²) in [5.74, 6) is -0.849. The van der Waals surface area contributed by atoms with Crippen LogP contribution in [0.15, 0.2) is 36.5 Å². The summed E-state index contributed by atoms with van der Waals surface area (Å²) in [4.78, 5) is 10.2. The number of carboxylic acid groups (broad SMARTS) is 1. The molecule has 0 unspecified atom stereocenters. The van der Waals surface area contributed by atoms with Gasteiger partial charge in [-0.1, -0.05) is 43.2 Å². The normalized spacial score (nSPS) is 12.1. The highest BCUT2D eigenvalue weighted by atomic mass is 16.4. The van der Waals surface area contributed by atoms with Gasteiger partial charge in [-0.2, -0.15) is 0 Å². The lowest BCUT2D eigenvalue weighted by Crippen LogP contribution is -1.85. The van der Waals surface area contributed by atoms with Crippen molar-refractivity contribution < 1.29 is 9.90 Å². The van der Waals surface area contributed by atoms with Crippen LogP contribution in [0.3, 0.4) is 0 Å². The Morgan fingerprint density at radius 1 is 0.833 bits per heavy atom. The Morgan fingerprint density at radius 3 is 2.00 bits per heavy atom. The van der Waals surface area contributed by atoms with Gasteiger partial charge in [-0.25, -0.2) is 4.79 Å². The molecule has 0 spiro atoms. The van der Waals surface area contributed by atoms with Crippen LogP contribution in [0.2, 0.25) is 0 Å². The van der Waals surface area contributed by atoms with Gasteiger partial charge in [-0.15, -0.1) is 0 Å². The molecule has 0 heterocycles. The summed E-state index contributed by atoms with van der Waals surface area (Å²) < 4.78 is 0. The molecule has 0 aromatic carbocycles. The molecule has 0 aromatic rings. The Hall–Kier alpha value is -1.31. The third-order valence-electron chi connectivity index (χ3n) is 2.65. The summed E-state index contributed by atoms with van der Waals surface area (Å²) in [5.41, 5.74) is 0. The van der Waals surface area contributed by atoms with Crippen molar-refractivity contribution in [3.8, 4) is 0 Å². The molecular weight excluding hydrogens is 224 g/mol. The van der Waals surface area contributed by atoms with E-state index in [0.29, 0.717) is 0 Å². The molecule has 0 amide bonds. The fraction of sp³-hybridized carbons (Fsp3) is 0.562. The van der Waals surface area contributed by atoms with Gasteiger partial charge in [0, 0.05) is 6.08 Å². The van der Waals surface area contributed by atoms with Gasteiger partial charge in [-0.05, 0) is 45.4 Å². The van der Waals surface area contributed by atoms with E-state index in [1.54, 1.807) is 6.08 Å².